The van der Waals surface area contributed by atoms with Crippen LogP contribution >= 0.6 is 0 Å². The Kier molecular flexibility index (Phi) is 8.83. The number of halogens is 4. The minimum absolute atomic E-state index is 0.212. The Morgan fingerprint density at radius 3 is 2.36 bits per heavy atom. The number of hydrogen-bond donors (Lipinski definition) is 1. The largest absolute Gasteiger partial charge is 0.573 e. The number of amides is 3. The van der Waals surface area contributed by atoms with Crippen molar-refractivity contribution in [3.05, 3.63) is 53.7 Å². The maximum Gasteiger partial charge on any atom is 0.573 e. The molecule has 0 saturated heterocycles. The second kappa shape index (κ2) is 12.0. The molecule has 18 heteroatoms. The van der Waals surface area contributed by atoms with E-state index in [0.29, 0.717) is 6.07 Å². The Bertz CT molecular complexity index is 1730. The number of ether oxygens (including phenoxy) is 2. The van der Waals surface area contributed by atoms with Crippen LogP contribution in [0.3, 0.4) is 0 Å². The zero-order valence-corrected chi connectivity index (χ0v) is 25.2. The number of hydrogen-bond acceptors (Lipinski definition) is 10. The quantitative estimate of drug-likeness (QED) is 0.387. The molecule has 0 radical (unpaired) electrons. The molecular formula is C27H27F4N5O8S. The SMILES string of the molecule is CN(C)C(=O)c1nc(-c2cc3c(cc2F)S(=O)(=O)C[C@H](NC(=O)OC(C)(C)C)C(=O)N3Cc2ccc(OC(F)(F)F)cc2)no1. The molecular weight excluding hydrogens is 630 g/mol. The predicted molar refractivity (Wildman–Crippen MR) is 147 cm³/mol. The lowest BCUT2D eigenvalue weighted by molar-refractivity contribution is -0.274. The van der Waals surface area contributed by atoms with E-state index in [1.165, 1.54) is 26.2 Å². The van der Waals surface area contributed by atoms with Crippen LogP contribution in [0.15, 0.2) is 45.8 Å². The van der Waals surface area contributed by atoms with Gasteiger partial charge in [0.15, 0.2) is 9.84 Å². The monoisotopic (exact) mass is 657 g/mol. The Morgan fingerprint density at radius 1 is 1.13 bits per heavy atom. The van der Waals surface area contributed by atoms with Crippen molar-refractivity contribution >= 4 is 33.4 Å². The third-order valence-electron chi connectivity index (χ3n) is 6.07. The number of rotatable bonds is 6. The molecule has 1 aromatic heterocycles. The molecule has 13 nitrogen and oxygen atoms in total. The fraction of sp³-hybridized carbons (Fsp3) is 0.370. The third kappa shape index (κ3) is 7.86. The highest BCUT2D eigenvalue weighted by atomic mass is 32.2. The van der Waals surface area contributed by atoms with Crippen LogP contribution in [0.1, 0.15) is 37.0 Å². The first-order chi connectivity index (χ1) is 20.7. The molecule has 0 fully saturated rings. The first-order valence-corrected chi connectivity index (χ1v) is 14.7. The van der Waals surface area contributed by atoms with E-state index in [4.69, 9.17) is 9.26 Å². The zero-order valence-electron chi connectivity index (χ0n) is 24.4. The summed E-state index contributed by atoms with van der Waals surface area (Å²) in [6.45, 7) is 4.20. The number of carbonyl (C=O) groups excluding carboxylic acids is 3. The van der Waals surface area contributed by atoms with Crippen LogP contribution in [0.2, 0.25) is 0 Å². The minimum atomic E-state index is -4.96. The molecule has 0 spiro atoms. The highest BCUT2D eigenvalue weighted by Gasteiger charge is 2.40. The van der Waals surface area contributed by atoms with Crippen molar-refractivity contribution in [3.63, 3.8) is 0 Å². The number of anilines is 1. The molecule has 1 aliphatic rings. The standard InChI is InChI=1S/C27H27F4N5O8S/c1-26(2,3)43-25(39)32-18-13-45(40,41)20-11-17(28)16(21-33-22(44-34-21)24(38)35(4)5)10-19(20)36(23(18)37)12-14-6-8-15(9-7-14)42-27(29,30)31/h6-11,18H,12-13H2,1-5H3,(H,32,39)/t18-/m0/s1. The lowest BCUT2D eigenvalue weighted by Crippen LogP contribution is -2.51. The smallest absolute Gasteiger partial charge is 0.444 e. The van der Waals surface area contributed by atoms with Gasteiger partial charge in [0, 0.05) is 14.1 Å². The molecule has 45 heavy (non-hydrogen) atoms. The molecule has 4 rings (SSSR count). The number of benzene rings is 2. The molecule has 0 aliphatic carbocycles. The van der Waals surface area contributed by atoms with Gasteiger partial charge in [0.1, 0.15) is 23.2 Å². The molecule has 3 amide bonds. The van der Waals surface area contributed by atoms with Crippen LogP contribution in [0.25, 0.3) is 11.4 Å². The van der Waals surface area contributed by atoms with Gasteiger partial charge in [0.05, 0.1) is 28.4 Å². The van der Waals surface area contributed by atoms with Crippen molar-refractivity contribution in [1.82, 2.24) is 20.4 Å². The van der Waals surface area contributed by atoms with Crippen LogP contribution in [-0.4, -0.2) is 79.2 Å². The van der Waals surface area contributed by atoms with E-state index < -0.39 is 91.8 Å². The number of nitrogens with one attached hydrogen (secondary N) is 1. The Balaban J connectivity index is 1.82. The summed E-state index contributed by atoms with van der Waals surface area (Å²) in [5.41, 5.74) is -1.58. The minimum Gasteiger partial charge on any atom is -0.444 e. The number of fused-ring (bicyclic) bond motifs is 1. The van der Waals surface area contributed by atoms with E-state index >= 15 is 4.39 Å². The number of alkyl carbamates (subject to hydrolysis) is 1. The van der Waals surface area contributed by atoms with Crippen LogP contribution < -0.4 is 15.0 Å². The van der Waals surface area contributed by atoms with Crippen molar-refractivity contribution < 1.29 is 54.4 Å². The fourth-order valence-corrected chi connectivity index (χ4v) is 5.78. The molecule has 2 aromatic carbocycles. The average Bonchev–Trinajstić information content (AvgIpc) is 3.37. The molecule has 1 N–H and O–H groups in total. The van der Waals surface area contributed by atoms with E-state index in [-0.39, 0.29) is 11.3 Å². The van der Waals surface area contributed by atoms with Crippen molar-refractivity contribution in [1.29, 1.82) is 0 Å². The summed E-state index contributed by atoms with van der Waals surface area (Å²) in [5, 5.41) is 5.85. The summed E-state index contributed by atoms with van der Waals surface area (Å²) in [5.74, 6) is -5.26. The molecule has 1 aliphatic heterocycles. The maximum atomic E-state index is 15.5. The van der Waals surface area contributed by atoms with Crippen molar-refractivity contribution in [2.75, 3.05) is 24.7 Å². The first-order valence-electron chi connectivity index (χ1n) is 13.0. The van der Waals surface area contributed by atoms with E-state index in [1.807, 2.05) is 0 Å². The summed E-state index contributed by atoms with van der Waals surface area (Å²) < 4.78 is 94.4. The van der Waals surface area contributed by atoms with Gasteiger partial charge in [0.2, 0.25) is 5.82 Å². The zero-order chi connectivity index (χ0) is 33.5. The Hall–Kier alpha value is -4.74. The number of carbonyl (C=O) groups is 3. The van der Waals surface area contributed by atoms with Gasteiger partial charge in [-0.2, -0.15) is 4.98 Å². The lowest BCUT2D eigenvalue weighted by Gasteiger charge is -2.27. The molecule has 1 atom stereocenters. The third-order valence-corrected chi connectivity index (χ3v) is 7.84. The van der Waals surface area contributed by atoms with Crippen molar-refractivity contribution in [2.45, 2.75) is 50.2 Å². The average molecular weight is 658 g/mol. The van der Waals surface area contributed by atoms with Gasteiger partial charge >= 0.3 is 24.3 Å². The summed E-state index contributed by atoms with van der Waals surface area (Å²) >= 11 is 0. The van der Waals surface area contributed by atoms with E-state index in [1.54, 1.807) is 20.8 Å². The van der Waals surface area contributed by atoms with Crippen molar-refractivity contribution in [2.24, 2.45) is 0 Å². The van der Waals surface area contributed by atoms with Crippen LogP contribution in [-0.2, 0) is 25.9 Å². The molecule has 0 unspecified atom stereocenters. The molecule has 2 heterocycles. The lowest BCUT2D eigenvalue weighted by atomic mass is 10.1. The highest BCUT2D eigenvalue weighted by Crippen LogP contribution is 2.37. The van der Waals surface area contributed by atoms with Gasteiger partial charge in [-0.15, -0.1) is 13.2 Å². The summed E-state index contributed by atoms with van der Waals surface area (Å²) in [6.07, 6.45) is -6.06. The highest BCUT2D eigenvalue weighted by molar-refractivity contribution is 7.91. The second-order valence-corrected chi connectivity index (χ2v) is 13.0. The number of aromatic nitrogens is 2. The fourth-order valence-electron chi connectivity index (χ4n) is 4.17. The van der Waals surface area contributed by atoms with Crippen LogP contribution in [0.5, 0.6) is 5.75 Å². The van der Waals surface area contributed by atoms with Crippen molar-refractivity contribution in [3.8, 4) is 17.1 Å². The van der Waals surface area contributed by atoms with E-state index in [9.17, 15) is 36.0 Å². The summed E-state index contributed by atoms with van der Waals surface area (Å²) in [6, 6.07) is 4.26. The number of alkyl halides is 3. The van der Waals surface area contributed by atoms with Gasteiger partial charge in [0.25, 0.3) is 5.91 Å². The normalized spacial score (nSPS) is 16.4. The van der Waals surface area contributed by atoms with Gasteiger partial charge in [-0.25, -0.2) is 17.6 Å². The van der Waals surface area contributed by atoms with E-state index in [0.717, 1.165) is 28.0 Å². The van der Waals surface area contributed by atoms with Crippen LogP contribution in [0, 0.1) is 5.82 Å². The van der Waals surface area contributed by atoms with Gasteiger partial charge < -0.3 is 29.1 Å². The maximum absolute atomic E-state index is 15.5. The second-order valence-electron chi connectivity index (χ2n) is 11.0. The molecule has 0 saturated carbocycles. The summed E-state index contributed by atoms with van der Waals surface area (Å²) in [7, 11) is -1.67. The van der Waals surface area contributed by atoms with E-state index in [2.05, 4.69) is 20.2 Å². The number of nitrogens with zero attached hydrogens (tertiary/aromatic N) is 4. The van der Waals surface area contributed by atoms with Gasteiger partial charge in [-0.1, -0.05) is 17.3 Å². The topological polar surface area (TPSA) is 161 Å². The molecule has 0 bridgehead atoms. The Morgan fingerprint density at radius 2 is 1.78 bits per heavy atom. The molecule has 242 valence electrons. The first kappa shape index (κ1) is 33.2. The number of sulfone groups is 1. The van der Waals surface area contributed by atoms with Gasteiger partial charge in [-0.05, 0) is 50.6 Å². The Labute approximate surface area is 254 Å². The molecule has 3 aromatic rings. The van der Waals surface area contributed by atoms with Gasteiger partial charge in [-0.3, -0.25) is 9.59 Å². The summed E-state index contributed by atoms with van der Waals surface area (Å²) in [4.78, 5) is 44.0. The van der Waals surface area contributed by atoms with Crippen LogP contribution in [0.4, 0.5) is 28.0 Å². The predicted octanol–water partition coefficient (Wildman–Crippen LogP) is 3.69.